The highest BCUT2D eigenvalue weighted by Gasteiger charge is 2.37. The van der Waals surface area contributed by atoms with Crippen LogP contribution < -0.4 is 0 Å². The van der Waals surface area contributed by atoms with Crippen LogP contribution in [0.5, 0.6) is 0 Å². The van der Waals surface area contributed by atoms with Gasteiger partial charge in [0, 0.05) is 17.7 Å². The first-order valence-electron chi connectivity index (χ1n) is 8.77. The van der Waals surface area contributed by atoms with Crippen molar-refractivity contribution in [1.29, 1.82) is 0 Å². The van der Waals surface area contributed by atoms with Crippen molar-refractivity contribution in [3.8, 4) is 0 Å². The molecule has 0 unspecified atom stereocenters. The van der Waals surface area contributed by atoms with Gasteiger partial charge in [0.05, 0.1) is 5.56 Å². The van der Waals surface area contributed by atoms with Crippen LogP contribution in [0.2, 0.25) is 0 Å². The Labute approximate surface area is 158 Å². The number of Topliss-reactive ketones (excluding diaryl/α,β-unsaturated/α-hetero) is 1. The molecule has 8 heteroatoms. The maximum Gasteiger partial charge on any atom is 0.417 e. The van der Waals surface area contributed by atoms with Crippen LogP contribution in [0, 0.1) is 11.7 Å². The Bertz CT molecular complexity index is 885. The number of hydrogen-bond donors (Lipinski definition) is 1. The van der Waals surface area contributed by atoms with E-state index in [9.17, 15) is 27.2 Å². The molecule has 0 atom stereocenters. The lowest BCUT2D eigenvalue weighted by molar-refractivity contribution is -0.138. The van der Waals surface area contributed by atoms with Crippen LogP contribution >= 0.6 is 0 Å². The van der Waals surface area contributed by atoms with E-state index in [2.05, 4.69) is 4.98 Å². The summed E-state index contributed by atoms with van der Waals surface area (Å²) in [5.74, 6) is -3.25. The normalized spacial score (nSPS) is 20.0. The molecule has 0 spiro atoms. The van der Waals surface area contributed by atoms with Gasteiger partial charge in [0.15, 0.2) is 5.78 Å². The van der Waals surface area contributed by atoms with Gasteiger partial charge in [-0.2, -0.15) is 13.2 Å². The molecule has 0 bridgehead atoms. The van der Waals surface area contributed by atoms with E-state index in [1.807, 2.05) is 0 Å². The van der Waals surface area contributed by atoms with E-state index in [4.69, 9.17) is 5.11 Å². The van der Waals surface area contributed by atoms with E-state index in [0.29, 0.717) is 43.9 Å². The highest BCUT2D eigenvalue weighted by molar-refractivity contribution is 5.99. The molecule has 3 rings (SSSR count). The van der Waals surface area contributed by atoms with Crippen molar-refractivity contribution in [2.24, 2.45) is 5.92 Å². The number of aromatic nitrogens is 1. The molecule has 148 valence electrons. The van der Waals surface area contributed by atoms with Gasteiger partial charge >= 0.3 is 12.1 Å². The van der Waals surface area contributed by atoms with Crippen molar-refractivity contribution < 1.29 is 32.3 Å². The zero-order valence-electron chi connectivity index (χ0n) is 14.7. The molecule has 1 fully saturated rings. The molecule has 1 aromatic carbocycles. The van der Waals surface area contributed by atoms with Gasteiger partial charge in [-0.3, -0.25) is 4.79 Å². The van der Waals surface area contributed by atoms with Crippen LogP contribution in [-0.4, -0.2) is 21.8 Å². The van der Waals surface area contributed by atoms with Crippen LogP contribution in [0.1, 0.15) is 63.6 Å². The van der Waals surface area contributed by atoms with Gasteiger partial charge in [0.1, 0.15) is 11.5 Å². The quantitative estimate of drug-likeness (QED) is 0.578. The number of ketones is 1. The third kappa shape index (κ3) is 4.21. The molecule has 0 amide bonds. The largest absolute Gasteiger partial charge is 0.477 e. The third-order valence-corrected chi connectivity index (χ3v) is 5.13. The number of nitrogens with zero attached hydrogens (tertiary/aromatic N) is 1. The van der Waals surface area contributed by atoms with Gasteiger partial charge in [0.2, 0.25) is 0 Å². The second-order valence-electron chi connectivity index (χ2n) is 6.88. The molecular weight excluding hydrogens is 378 g/mol. The van der Waals surface area contributed by atoms with Crippen LogP contribution in [0.3, 0.4) is 0 Å². The van der Waals surface area contributed by atoms with Gasteiger partial charge in [-0.1, -0.05) is 6.07 Å². The second kappa shape index (κ2) is 7.69. The van der Waals surface area contributed by atoms with Crippen molar-refractivity contribution in [1.82, 2.24) is 4.98 Å². The fourth-order valence-electron chi connectivity index (χ4n) is 3.65. The molecule has 2 aromatic rings. The molecule has 0 aliphatic heterocycles. The number of pyridine rings is 1. The predicted molar refractivity (Wildman–Crippen MR) is 91.6 cm³/mol. The third-order valence-electron chi connectivity index (χ3n) is 5.13. The van der Waals surface area contributed by atoms with E-state index in [1.165, 1.54) is 12.3 Å². The molecule has 28 heavy (non-hydrogen) atoms. The fourth-order valence-corrected chi connectivity index (χ4v) is 3.65. The number of aromatic carboxylic acids is 1. The van der Waals surface area contributed by atoms with Crippen LogP contribution in [0.4, 0.5) is 17.6 Å². The van der Waals surface area contributed by atoms with E-state index >= 15 is 0 Å². The highest BCUT2D eigenvalue weighted by atomic mass is 19.4. The molecule has 1 saturated carbocycles. The molecule has 1 N–H and O–H groups in total. The summed E-state index contributed by atoms with van der Waals surface area (Å²) in [5, 5.41) is 8.88. The first-order chi connectivity index (χ1) is 13.2. The van der Waals surface area contributed by atoms with Crippen molar-refractivity contribution in [2.45, 2.75) is 37.8 Å². The number of rotatable bonds is 4. The van der Waals surface area contributed by atoms with Crippen LogP contribution in [0.25, 0.3) is 0 Å². The lowest BCUT2D eigenvalue weighted by atomic mass is 9.76. The Morgan fingerprint density at radius 2 is 1.71 bits per heavy atom. The zero-order valence-corrected chi connectivity index (χ0v) is 14.7. The van der Waals surface area contributed by atoms with Crippen molar-refractivity contribution in [2.75, 3.05) is 0 Å². The summed E-state index contributed by atoms with van der Waals surface area (Å²) in [6.45, 7) is 0. The maximum atomic E-state index is 13.5. The maximum absolute atomic E-state index is 13.5. The summed E-state index contributed by atoms with van der Waals surface area (Å²) < 4.78 is 52.9. The SMILES string of the molecule is O=C(O)c1ccc(C2CCC(C(=O)c3cc(F)ccc3C(F)(F)F)CC2)cn1. The Hall–Kier alpha value is -2.77. The Morgan fingerprint density at radius 3 is 2.25 bits per heavy atom. The molecule has 0 radical (unpaired) electrons. The summed E-state index contributed by atoms with van der Waals surface area (Å²) >= 11 is 0. The fraction of sp³-hybridized carbons (Fsp3) is 0.350. The molecule has 1 heterocycles. The predicted octanol–water partition coefficient (Wildman–Crippen LogP) is 5.09. The Morgan fingerprint density at radius 1 is 1.04 bits per heavy atom. The van der Waals surface area contributed by atoms with Crippen molar-refractivity contribution in [3.63, 3.8) is 0 Å². The van der Waals surface area contributed by atoms with Crippen LogP contribution in [0.15, 0.2) is 36.5 Å². The summed E-state index contributed by atoms with van der Waals surface area (Å²) in [7, 11) is 0. The van der Waals surface area contributed by atoms with Gasteiger partial charge in [-0.15, -0.1) is 0 Å². The lowest BCUT2D eigenvalue weighted by Gasteiger charge is -2.28. The number of carboxylic acids is 1. The minimum absolute atomic E-state index is 0.0500. The standard InChI is InChI=1S/C20H17F4NO3/c21-14-6-7-16(20(22,23)24)15(9-14)18(26)12-3-1-11(2-4-12)13-5-8-17(19(27)28)25-10-13/h5-12H,1-4H2,(H,27,28). The van der Waals surface area contributed by atoms with Gasteiger partial charge in [-0.05, 0) is 61.4 Å². The Balaban J connectivity index is 1.72. The zero-order chi connectivity index (χ0) is 20.5. The number of alkyl halides is 3. The molecular formula is C20H17F4NO3. The number of benzene rings is 1. The summed E-state index contributed by atoms with van der Waals surface area (Å²) in [6.07, 6.45) is -1.39. The molecule has 1 aromatic heterocycles. The first-order valence-corrected chi connectivity index (χ1v) is 8.77. The summed E-state index contributed by atoms with van der Waals surface area (Å²) in [6, 6.07) is 5.02. The smallest absolute Gasteiger partial charge is 0.417 e. The first kappa shape index (κ1) is 20.0. The van der Waals surface area contributed by atoms with Crippen molar-refractivity contribution in [3.05, 3.63) is 64.7 Å². The molecule has 1 aliphatic rings. The monoisotopic (exact) mass is 395 g/mol. The minimum atomic E-state index is -4.73. The van der Waals surface area contributed by atoms with Crippen molar-refractivity contribution >= 4 is 11.8 Å². The summed E-state index contributed by atoms with van der Waals surface area (Å²) in [4.78, 5) is 27.4. The second-order valence-corrected chi connectivity index (χ2v) is 6.88. The number of hydrogen-bond acceptors (Lipinski definition) is 3. The Kier molecular flexibility index (Phi) is 5.49. The molecule has 1 aliphatic carbocycles. The number of carbonyl (C=O) groups excluding carboxylic acids is 1. The average Bonchev–Trinajstić information content (AvgIpc) is 2.66. The number of carboxylic acid groups (broad SMARTS) is 1. The lowest BCUT2D eigenvalue weighted by Crippen LogP contribution is -2.24. The van der Waals surface area contributed by atoms with Crippen LogP contribution in [-0.2, 0) is 6.18 Å². The number of carbonyl (C=O) groups is 2. The van der Waals surface area contributed by atoms with E-state index in [0.717, 1.165) is 5.56 Å². The average molecular weight is 395 g/mol. The van der Waals surface area contributed by atoms with Gasteiger partial charge in [-0.25, -0.2) is 14.2 Å². The molecule has 0 saturated heterocycles. The van der Waals surface area contributed by atoms with Gasteiger partial charge in [0.25, 0.3) is 0 Å². The molecule has 4 nitrogen and oxygen atoms in total. The summed E-state index contributed by atoms with van der Waals surface area (Å²) in [5.41, 5.74) is -0.978. The van der Waals surface area contributed by atoms with Gasteiger partial charge < -0.3 is 5.11 Å². The van der Waals surface area contributed by atoms with E-state index in [-0.39, 0.29) is 11.6 Å². The number of halogens is 4. The van der Waals surface area contributed by atoms with E-state index < -0.39 is 40.8 Å². The highest BCUT2D eigenvalue weighted by Crippen LogP contribution is 2.39. The van der Waals surface area contributed by atoms with E-state index in [1.54, 1.807) is 6.07 Å². The topological polar surface area (TPSA) is 67.3 Å². The minimum Gasteiger partial charge on any atom is -0.477 e.